The van der Waals surface area contributed by atoms with Crippen LogP contribution in [-0.2, 0) is 6.54 Å². The molecule has 1 aliphatic heterocycles. The summed E-state index contributed by atoms with van der Waals surface area (Å²) in [5.74, 6) is 5.43. The first-order valence-corrected chi connectivity index (χ1v) is 7.03. The predicted octanol–water partition coefficient (Wildman–Crippen LogP) is 0.740. The maximum absolute atomic E-state index is 5.43. The molecule has 0 aliphatic carbocycles. The minimum Gasteiger partial charge on any atom is -0.313 e. The number of hydrazine groups is 1. The van der Waals surface area contributed by atoms with E-state index in [1.165, 1.54) is 11.5 Å². The van der Waals surface area contributed by atoms with Crippen molar-refractivity contribution < 1.29 is 0 Å². The first-order valence-electron chi connectivity index (χ1n) is 6.26. The quantitative estimate of drug-likeness (QED) is 0.623. The molecule has 2 heterocycles. The van der Waals surface area contributed by atoms with E-state index >= 15 is 0 Å². The molecule has 0 atom stereocenters. The summed E-state index contributed by atoms with van der Waals surface area (Å²) in [7, 11) is 0. The smallest absolute Gasteiger partial charge is 0.148 e. The molecular weight excluding hydrogens is 248 g/mol. The van der Waals surface area contributed by atoms with Crippen LogP contribution < -0.4 is 11.3 Å². The van der Waals surface area contributed by atoms with Crippen LogP contribution >= 0.6 is 11.5 Å². The summed E-state index contributed by atoms with van der Waals surface area (Å²) in [5, 5.41) is 4.99. The van der Waals surface area contributed by atoms with Gasteiger partial charge in [-0.1, -0.05) is 4.49 Å². The van der Waals surface area contributed by atoms with Crippen LogP contribution in [0.15, 0.2) is 0 Å². The second-order valence-corrected chi connectivity index (χ2v) is 6.38. The maximum Gasteiger partial charge on any atom is 0.148 e. The van der Waals surface area contributed by atoms with E-state index in [4.69, 9.17) is 5.84 Å². The van der Waals surface area contributed by atoms with Crippen molar-refractivity contribution in [2.24, 2.45) is 5.84 Å². The van der Waals surface area contributed by atoms with Gasteiger partial charge in [-0.15, -0.1) is 5.10 Å². The van der Waals surface area contributed by atoms with Crippen molar-refractivity contribution >= 4 is 16.5 Å². The molecule has 1 fully saturated rings. The Labute approximate surface area is 112 Å². The molecule has 0 radical (unpaired) electrons. The van der Waals surface area contributed by atoms with E-state index in [-0.39, 0.29) is 5.54 Å². The van der Waals surface area contributed by atoms with E-state index in [1.807, 2.05) is 0 Å². The standard InChI is InChI=1S/C11H22N6S/c1-11(2,3)17-6-4-16(5-7-17)8-9-10(13-12)18-15-14-9/h13H,4-8,12H2,1-3H3. The average molecular weight is 270 g/mol. The molecule has 3 N–H and O–H groups in total. The molecule has 1 aliphatic rings. The van der Waals surface area contributed by atoms with Crippen LogP contribution in [0, 0.1) is 0 Å². The van der Waals surface area contributed by atoms with Crippen LogP contribution in [0.25, 0.3) is 0 Å². The Kier molecular flexibility index (Phi) is 4.16. The second-order valence-electron chi connectivity index (χ2n) is 5.63. The van der Waals surface area contributed by atoms with Crippen LogP contribution in [0.1, 0.15) is 26.5 Å². The molecule has 0 unspecified atom stereocenters. The highest BCUT2D eigenvalue weighted by Gasteiger charge is 2.26. The van der Waals surface area contributed by atoms with E-state index in [0.29, 0.717) is 0 Å². The van der Waals surface area contributed by atoms with Gasteiger partial charge in [0.15, 0.2) is 0 Å². The fraction of sp³-hybridized carbons (Fsp3) is 0.818. The van der Waals surface area contributed by atoms with E-state index in [0.717, 1.165) is 43.4 Å². The number of nitrogen functional groups attached to an aromatic ring is 1. The van der Waals surface area contributed by atoms with Crippen LogP contribution in [0.4, 0.5) is 5.00 Å². The van der Waals surface area contributed by atoms with Gasteiger partial charge >= 0.3 is 0 Å². The van der Waals surface area contributed by atoms with Crippen molar-refractivity contribution in [3.63, 3.8) is 0 Å². The molecule has 0 bridgehead atoms. The molecule has 0 spiro atoms. The SMILES string of the molecule is CC(C)(C)N1CCN(Cc2nnsc2NN)CC1. The highest BCUT2D eigenvalue weighted by molar-refractivity contribution is 7.10. The van der Waals surface area contributed by atoms with E-state index in [9.17, 15) is 0 Å². The summed E-state index contributed by atoms with van der Waals surface area (Å²) in [5.41, 5.74) is 3.87. The van der Waals surface area contributed by atoms with E-state index in [1.54, 1.807) is 0 Å². The largest absolute Gasteiger partial charge is 0.313 e. The molecule has 7 heteroatoms. The maximum atomic E-state index is 5.43. The minimum absolute atomic E-state index is 0.262. The summed E-state index contributed by atoms with van der Waals surface area (Å²) >= 11 is 1.31. The van der Waals surface area contributed by atoms with Gasteiger partial charge in [0.05, 0.1) is 0 Å². The van der Waals surface area contributed by atoms with Gasteiger partial charge in [-0.3, -0.25) is 9.80 Å². The number of hydrogen-bond donors (Lipinski definition) is 2. The Morgan fingerprint density at radius 2 is 1.94 bits per heavy atom. The molecule has 1 aromatic rings. The van der Waals surface area contributed by atoms with Crippen LogP contribution in [0.5, 0.6) is 0 Å². The number of nitrogens with two attached hydrogens (primary N) is 1. The lowest BCUT2D eigenvalue weighted by molar-refractivity contribution is 0.0586. The zero-order valence-corrected chi connectivity index (χ0v) is 12.1. The summed E-state index contributed by atoms with van der Waals surface area (Å²) in [6.45, 7) is 12.0. The Bertz CT molecular complexity index is 377. The summed E-state index contributed by atoms with van der Waals surface area (Å²) in [4.78, 5) is 4.92. The molecule has 1 saturated heterocycles. The first kappa shape index (κ1) is 13.7. The third-order valence-electron chi connectivity index (χ3n) is 3.38. The Morgan fingerprint density at radius 1 is 1.28 bits per heavy atom. The minimum atomic E-state index is 0.262. The van der Waals surface area contributed by atoms with Gasteiger partial charge in [0.2, 0.25) is 0 Å². The summed E-state index contributed by atoms with van der Waals surface area (Å²) in [6.07, 6.45) is 0. The van der Waals surface area contributed by atoms with E-state index in [2.05, 4.69) is 45.6 Å². The Morgan fingerprint density at radius 3 is 2.50 bits per heavy atom. The molecular formula is C11H22N6S. The topological polar surface area (TPSA) is 70.3 Å². The van der Waals surface area contributed by atoms with Gasteiger partial charge < -0.3 is 5.43 Å². The van der Waals surface area contributed by atoms with Gasteiger partial charge in [0.25, 0.3) is 0 Å². The lowest BCUT2D eigenvalue weighted by Crippen LogP contribution is -2.53. The van der Waals surface area contributed by atoms with Crippen molar-refractivity contribution in [2.75, 3.05) is 31.6 Å². The lowest BCUT2D eigenvalue weighted by atomic mass is 10.0. The molecule has 6 nitrogen and oxygen atoms in total. The van der Waals surface area contributed by atoms with Crippen molar-refractivity contribution in [3.05, 3.63) is 5.69 Å². The summed E-state index contributed by atoms with van der Waals surface area (Å²) in [6, 6.07) is 0. The Hall–Kier alpha value is -0.760. The number of rotatable bonds is 3. The number of aromatic nitrogens is 2. The highest BCUT2D eigenvalue weighted by Crippen LogP contribution is 2.20. The second kappa shape index (κ2) is 5.48. The zero-order chi connectivity index (χ0) is 13.2. The third-order valence-corrected chi connectivity index (χ3v) is 4.08. The van der Waals surface area contributed by atoms with Gasteiger partial charge in [0, 0.05) is 49.8 Å². The highest BCUT2D eigenvalue weighted by atomic mass is 32.1. The average Bonchev–Trinajstić information content (AvgIpc) is 2.76. The van der Waals surface area contributed by atoms with Crippen molar-refractivity contribution in [1.29, 1.82) is 0 Å². The van der Waals surface area contributed by atoms with Crippen molar-refractivity contribution in [1.82, 2.24) is 19.4 Å². The molecule has 18 heavy (non-hydrogen) atoms. The number of hydrogen-bond acceptors (Lipinski definition) is 7. The number of nitrogens with zero attached hydrogens (tertiary/aromatic N) is 4. The third kappa shape index (κ3) is 3.17. The normalized spacial score (nSPS) is 19.1. The van der Waals surface area contributed by atoms with E-state index < -0.39 is 0 Å². The van der Waals surface area contributed by atoms with Gasteiger partial charge in [-0.25, -0.2) is 5.84 Å². The fourth-order valence-corrected chi connectivity index (χ4v) is 2.69. The zero-order valence-electron chi connectivity index (χ0n) is 11.3. The van der Waals surface area contributed by atoms with Gasteiger partial charge in [-0.2, -0.15) is 0 Å². The predicted molar refractivity (Wildman–Crippen MR) is 74.3 cm³/mol. The molecule has 102 valence electrons. The number of anilines is 1. The first-order chi connectivity index (χ1) is 8.50. The molecule has 0 aromatic carbocycles. The lowest BCUT2D eigenvalue weighted by Gasteiger charge is -2.42. The monoisotopic (exact) mass is 270 g/mol. The van der Waals surface area contributed by atoms with Crippen LogP contribution in [0.3, 0.4) is 0 Å². The van der Waals surface area contributed by atoms with Gasteiger partial charge in [0.1, 0.15) is 10.7 Å². The Balaban J connectivity index is 1.87. The molecule has 0 saturated carbocycles. The molecule has 2 rings (SSSR count). The van der Waals surface area contributed by atoms with Crippen LogP contribution in [-0.4, -0.2) is 51.1 Å². The fourth-order valence-electron chi connectivity index (χ4n) is 2.21. The summed E-state index contributed by atoms with van der Waals surface area (Å²) < 4.78 is 3.92. The van der Waals surface area contributed by atoms with Crippen LogP contribution in [0.2, 0.25) is 0 Å². The van der Waals surface area contributed by atoms with Crippen molar-refractivity contribution in [3.8, 4) is 0 Å². The van der Waals surface area contributed by atoms with Crippen molar-refractivity contribution in [2.45, 2.75) is 32.9 Å². The molecule has 1 aromatic heterocycles. The molecule has 0 amide bonds. The van der Waals surface area contributed by atoms with Gasteiger partial charge in [-0.05, 0) is 20.8 Å². The number of piperazine rings is 1. The number of nitrogens with one attached hydrogen (secondary N) is 1.